The lowest BCUT2D eigenvalue weighted by atomic mass is 10.1. The second-order valence-electron chi connectivity index (χ2n) is 4.27. The van der Waals surface area contributed by atoms with Gasteiger partial charge in [-0.3, -0.25) is 4.90 Å². The van der Waals surface area contributed by atoms with Gasteiger partial charge in [0.1, 0.15) is 5.37 Å². The minimum atomic E-state index is -0.750. The van der Waals surface area contributed by atoms with Crippen molar-refractivity contribution in [3.63, 3.8) is 0 Å². The number of hydrogen-bond donors (Lipinski definition) is 1. The third-order valence-corrected chi connectivity index (χ3v) is 4.49. The topological polar surface area (TPSA) is 49.8 Å². The van der Waals surface area contributed by atoms with E-state index in [1.807, 2.05) is 30.3 Å². The van der Waals surface area contributed by atoms with Gasteiger partial charge in [0, 0.05) is 5.75 Å². The lowest BCUT2D eigenvalue weighted by molar-refractivity contribution is 0.0700. The molecule has 1 N–H and O–H groups in total. The van der Waals surface area contributed by atoms with Crippen molar-refractivity contribution in [2.45, 2.75) is 17.5 Å². The zero-order chi connectivity index (χ0) is 13.8. The molecule has 1 heterocycles. The van der Waals surface area contributed by atoms with Gasteiger partial charge in [-0.25, -0.2) is 4.79 Å². The average molecular weight is 279 g/mol. The van der Waals surface area contributed by atoms with E-state index in [9.17, 15) is 9.90 Å². The van der Waals surface area contributed by atoms with E-state index < -0.39 is 12.2 Å². The maximum absolute atomic E-state index is 12.0. The number of methoxy groups -OCH3 is 1. The van der Waals surface area contributed by atoms with Gasteiger partial charge >= 0.3 is 6.09 Å². The van der Waals surface area contributed by atoms with Crippen molar-refractivity contribution in [1.82, 2.24) is 4.90 Å². The van der Waals surface area contributed by atoms with Crippen molar-refractivity contribution in [2.24, 2.45) is 0 Å². The first-order chi connectivity index (χ1) is 9.19. The Labute approximate surface area is 117 Å². The van der Waals surface area contributed by atoms with Crippen molar-refractivity contribution < 1.29 is 14.6 Å². The molecule has 4 nitrogen and oxygen atoms in total. The fourth-order valence-corrected chi connectivity index (χ4v) is 3.65. The summed E-state index contributed by atoms with van der Waals surface area (Å²) in [6.45, 7) is 3.58. The number of benzene rings is 1. The number of amides is 1. The molecule has 1 aliphatic rings. The lowest BCUT2D eigenvalue weighted by Crippen LogP contribution is -2.44. The van der Waals surface area contributed by atoms with Crippen LogP contribution in [0.1, 0.15) is 10.9 Å². The number of carbonyl (C=O) groups excluding carboxylic acids is 1. The second-order valence-corrected chi connectivity index (χ2v) is 5.38. The Bertz CT molecular complexity index is 451. The second kappa shape index (κ2) is 6.12. The summed E-state index contributed by atoms with van der Waals surface area (Å²) in [5.41, 5.74) is 1.02. The highest BCUT2D eigenvalue weighted by Gasteiger charge is 2.41. The van der Waals surface area contributed by atoms with E-state index >= 15 is 0 Å². The van der Waals surface area contributed by atoms with Gasteiger partial charge in [-0.05, 0) is 5.56 Å². The summed E-state index contributed by atoms with van der Waals surface area (Å²) in [6, 6.07) is 9.43. The molecule has 0 radical (unpaired) electrons. The van der Waals surface area contributed by atoms with E-state index in [-0.39, 0.29) is 11.4 Å². The Hall–Kier alpha value is -1.46. The number of nitrogens with zero attached hydrogens (tertiary/aromatic N) is 1. The summed E-state index contributed by atoms with van der Waals surface area (Å²) in [5.74, 6) is 0.655. The Morgan fingerprint density at radius 2 is 2.26 bits per heavy atom. The molecule has 1 saturated heterocycles. The molecule has 1 amide bonds. The number of aliphatic hydroxyl groups excluding tert-OH is 1. The standard InChI is InChI=1S/C14H17NO3S/c1-3-12(16)11-9-19-13(15(11)14(17)18-2)10-7-5-4-6-8-10/h3-8,11-13,16H,1,9H2,2H3. The van der Waals surface area contributed by atoms with Crippen LogP contribution in [0.2, 0.25) is 0 Å². The van der Waals surface area contributed by atoms with E-state index in [2.05, 4.69) is 6.58 Å². The minimum absolute atomic E-state index is 0.131. The first kappa shape index (κ1) is 14.0. The van der Waals surface area contributed by atoms with Crippen LogP contribution in [0.5, 0.6) is 0 Å². The Kier molecular flexibility index (Phi) is 4.50. The van der Waals surface area contributed by atoms with Crippen molar-refractivity contribution in [3.8, 4) is 0 Å². The molecule has 0 aromatic heterocycles. The summed E-state index contributed by atoms with van der Waals surface area (Å²) in [5, 5.41) is 9.83. The molecule has 2 rings (SSSR count). The van der Waals surface area contributed by atoms with Gasteiger partial charge in [0.2, 0.25) is 0 Å². The van der Waals surface area contributed by atoms with Gasteiger partial charge in [-0.1, -0.05) is 36.4 Å². The molecule has 102 valence electrons. The highest BCUT2D eigenvalue weighted by Crippen LogP contribution is 2.42. The maximum atomic E-state index is 12.0. The van der Waals surface area contributed by atoms with Gasteiger partial charge < -0.3 is 9.84 Å². The lowest BCUT2D eigenvalue weighted by Gasteiger charge is -2.29. The number of hydrogen-bond acceptors (Lipinski definition) is 4. The van der Waals surface area contributed by atoms with Gasteiger partial charge in [-0.2, -0.15) is 0 Å². The molecule has 5 heteroatoms. The van der Waals surface area contributed by atoms with Crippen molar-refractivity contribution in [2.75, 3.05) is 12.9 Å². The fraction of sp³-hybridized carbons (Fsp3) is 0.357. The zero-order valence-electron chi connectivity index (χ0n) is 10.7. The fourth-order valence-electron chi connectivity index (χ4n) is 2.16. The Balaban J connectivity index is 2.29. The largest absolute Gasteiger partial charge is 0.453 e. The van der Waals surface area contributed by atoms with Crippen LogP contribution in [0.15, 0.2) is 43.0 Å². The molecule has 3 atom stereocenters. The third kappa shape index (κ3) is 2.77. The normalized spacial score (nSPS) is 24.0. The average Bonchev–Trinajstić information content (AvgIpc) is 2.91. The van der Waals surface area contributed by atoms with Gasteiger partial charge in [0.25, 0.3) is 0 Å². The summed E-state index contributed by atoms with van der Waals surface area (Å²) < 4.78 is 4.84. The monoisotopic (exact) mass is 279 g/mol. The maximum Gasteiger partial charge on any atom is 0.411 e. The molecule has 0 saturated carbocycles. The van der Waals surface area contributed by atoms with E-state index in [4.69, 9.17) is 4.74 Å². The molecule has 19 heavy (non-hydrogen) atoms. The molecule has 1 aromatic carbocycles. The molecular weight excluding hydrogens is 262 g/mol. The number of thioether (sulfide) groups is 1. The van der Waals surface area contributed by atoms with Crippen LogP contribution in [-0.4, -0.2) is 41.1 Å². The van der Waals surface area contributed by atoms with Crippen molar-refractivity contribution in [3.05, 3.63) is 48.6 Å². The van der Waals surface area contributed by atoms with E-state index in [0.717, 1.165) is 5.56 Å². The first-order valence-corrected chi connectivity index (χ1v) is 7.07. The first-order valence-electron chi connectivity index (χ1n) is 6.02. The summed E-state index contributed by atoms with van der Waals surface area (Å²) in [4.78, 5) is 13.6. The summed E-state index contributed by atoms with van der Waals surface area (Å²) in [7, 11) is 1.35. The number of carbonyl (C=O) groups is 1. The van der Waals surface area contributed by atoms with Crippen LogP contribution in [-0.2, 0) is 4.74 Å². The molecule has 1 aromatic rings. The SMILES string of the molecule is C=CC(O)C1CSC(c2ccccc2)N1C(=O)OC. The van der Waals surface area contributed by atoms with Crippen LogP contribution in [0.25, 0.3) is 0 Å². The van der Waals surface area contributed by atoms with Crippen LogP contribution in [0.3, 0.4) is 0 Å². The van der Waals surface area contributed by atoms with Gasteiger partial charge in [0.05, 0.1) is 19.3 Å². The molecule has 1 aliphatic heterocycles. The molecule has 0 spiro atoms. The molecule has 0 aliphatic carbocycles. The summed E-state index contributed by atoms with van der Waals surface area (Å²) in [6.07, 6.45) is 0.277. The third-order valence-electron chi connectivity index (χ3n) is 3.14. The smallest absolute Gasteiger partial charge is 0.411 e. The Morgan fingerprint density at radius 1 is 1.58 bits per heavy atom. The highest BCUT2D eigenvalue weighted by molar-refractivity contribution is 7.99. The van der Waals surface area contributed by atoms with E-state index in [1.165, 1.54) is 13.2 Å². The molecule has 0 bridgehead atoms. The molecular formula is C14H17NO3S. The van der Waals surface area contributed by atoms with Crippen molar-refractivity contribution >= 4 is 17.9 Å². The zero-order valence-corrected chi connectivity index (χ0v) is 11.5. The van der Waals surface area contributed by atoms with Crippen molar-refractivity contribution in [1.29, 1.82) is 0 Å². The quantitative estimate of drug-likeness (QED) is 0.863. The Morgan fingerprint density at radius 3 is 2.84 bits per heavy atom. The molecule has 1 fully saturated rings. The van der Waals surface area contributed by atoms with E-state index in [0.29, 0.717) is 5.75 Å². The van der Waals surface area contributed by atoms with Gasteiger partial charge in [-0.15, -0.1) is 18.3 Å². The van der Waals surface area contributed by atoms with Crippen LogP contribution in [0, 0.1) is 0 Å². The number of rotatable bonds is 3. The van der Waals surface area contributed by atoms with Crippen LogP contribution >= 0.6 is 11.8 Å². The van der Waals surface area contributed by atoms with Crippen LogP contribution < -0.4 is 0 Å². The summed E-state index contributed by atoms with van der Waals surface area (Å²) >= 11 is 1.62. The predicted octanol–water partition coefficient (Wildman–Crippen LogP) is 2.42. The molecule has 3 unspecified atom stereocenters. The highest BCUT2D eigenvalue weighted by atomic mass is 32.2. The predicted molar refractivity (Wildman–Crippen MR) is 75.9 cm³/mol. The van der Waals surface area contributed by atoms with Gasteiger partial charge in [0.15, 0.2) is 0 Å². The number of ether oxygens (including phenoxy) is 1. The van der Waals surface area contributed by atoms with E-state index in [1.54, 1.807) is 16.7 Å². The minimum Gasteiger partial charge on any atom is -0.453 e. The van der Waals surface area contributed by atoms with Crippen LogP contribution in [0.4, 0.5) is 4.79 Å². The number of aliphatic hydroxyl groups is 1.